The summed E-state index contributed by atoms with van der Waals surface area (Å²) in [6.07, 6.45) is 1.51. The lowest BCUT2D eigenvalue weighted by atomic mass is 10.0. The third-order valence-corrected chi connectivity index (χ3v) is 6.44. The van der Waals surface area contributed by atoms with Gasteiger partial charge in [0.15, 0.2) is 5.12 Å². The highest BCUT2D eigenvalue weighted by Crippen LogP contribution is 2.19. The van der Waals surface area contributed by atoms with E-state index < -0.39 is 35.1 Å². The molecule has 0 aliphatic rings. The van der Waals surface area contributed by atoms with Gasteiger partial charge in [-0.2, -0.15) is 0 Å². The van der Waals surface area contributed by atoms with Crippen LogP contribution >= 0.6 is 11.8 Å². The molecule has 0 saturated carbocycles. The summed E-state index contributed by atoms with van der Waals surface area (Å²) in [5.74, 6) is -2.03. The van der Waals surface area contributed by atoms with E-state index in [9.17, 15) is 24.3 Å². The van der Waals surface area contributed by atoms with Crippen molar-refractivity contribution in [2.24, 2.45) is 5.92 Å². The van der Waals surface area contributed by atoms with Gasteiger partial charge in [-0.05, 0) is 36.3 Å². The lowest BCUT2D eigenvalue weighted by Crippen LogP contribution is -2.54. The predicted octanol–water partition coefficient (Wildman–Crippen LogP) is 3.61. The van der Waals surface area contributed by atoms with Gasteiger partial charge in [0.25, 0.3) is 0 Å². The zero-order valence-electron chi connectivity index (χ0n) is 20.4. The SMILES string of the molecule is CC(=O)SC(CCc1ccccc1)C(=O)N[C@@H](CC(C)C)C(=O)N[C@@H](Cc1ccccc1)C(=O)O. The predicted molar refractivity (Wildman–Crippen MR) is 138 cm³/mol. The molecule has 2 amide bonds. The van der Waals surface area contributed by atoms with Crippen LogP contribution in [0.4, 0.5) is 0 Å². The van der Waals surface area contributed by atoms with Crippen LogP contribution in [0.1, 0.15) is 44.7 Å². The zero-order valence-corrected chi connectivity index (χ0v) is 21.2. The molecule has 1 unspecified atom stereocenters. The van der Waals surface area contributed by atoms with Crippen LogP contribution in [-0.2, 0) is 32.0 Å². The Hall–Kier alpha value is -3.13. The number of amides is 2. The number of carboxylic acids is 1. The molecule has 35 heavy (non-hydrogen) atoms. The van der Waals surface area contributed by atoms with Crippen LogP contribution in [0.15, 0.2) is 60.7 Å². The lowest BCUT2D eigenvalue weighted by molar-refractivity contribution is -0.142. The van der Waals surface area contributed by atoms with Crippen LogP contribution in [0.3, 0.4) is 0 Å². The fraction of sp³-hybridized carbons (Fsp3) is 0.407. The second-order valence-corrected chi connectivity index (χ2v) is 10.3. The van der Waals surface area contributed by atoms with Gasteiger partial charge in [-0.15, -0.1) is 0 Å². The molecule has 0 fully saturated rings. The minimum Gasteiger partial charge on any atom is -0.480 e. The Morgan fingerprint density at radius 1 is 0.829 bits per heavy atom. The zero-order chi connectivity index (χ0) is 25.8. The Morgan fingerprint density at radius 2 is 1.37 bits per heavy atom. The average molecular weight is 499 g/mol. The average Bonchev–Trinajstić information content (AvgIpc) is 2.81. The largest absolute Gasteiger partial charge is 0.480 e. The summed E-state index contributed by atoms with van der Waals surface area (Å²) in [6, 6.07) is 16.7. The van der Waals surface area contributed by atoms with Gasteiger partial charge in [0.2, 0.25) is 11.8 Å². The molecule has 0 aliphatic heterocycles. The summed E-state index contributed by atoms with van der Waals surface area (Å²) in [5, 5.41) is 14.2. The van der Waals surface area contributed by atoms with E-state index in [4.69, 9.17) is 0 Å². The Kier molecular flexibility index (Phi) is 11.5. The van der Waals surface area contributed by atoms with Crippen molar-refractivity contribution in [2.75, 3.05) is 0 Å². The summed E-state index contributed by atoms with van der Waals surface area (Å²) in [5.41, 5.74) is 1.83. The number of thioether (sulfide) groups is 1. The van der Waals surface area contributed by atoms with Crippen LogP contribution in [0.25, 0.3) is 0 Å². The molecule has 0 saturated heterocycles. The van der Waals surface area contributed by atoms with E-state index in [1.54, 1.807) is 24.3 Å². The van der Waals surface area contributed by atoms with Gasteiger partial charge >= 0.3 is 5.97 Å². The number of carbonyl (C=O) groups excluding carboxylic acids is 3. The minimum atomic E-state index is -1.15. The Bertz CT molecular complexity index is 982. The van der Waals surface area contributed by atoms with Crippen LogP contribution in [0, 0.1) is 5.92 Å². The first-order valence-electron chi connectivity index (χ1n) is 11.7. The van der Waals surface area contributed by atoms with Crippen molar-refractivity contribution in [3.63, 3.8) is 0 Å². The fourth-order valence-corrected chi connectivity index (χ4v) is 4.49. The molecule has 7 nitrogen and oxygen atoms in total. The van der Waals surface area contributed by atoms with Crippen LogP contribution in [-0.4, -0.2) is 45.3 Å². The molecule has 0 spiro atoms. The molecule has 0 bridgehead atoms. The molecule has 8 heteroatoms. The maximum Gasteiger partial charge on any atom is 0.326 e. The van der Waals surface area contributed by atoms with Gasteiger partial charge in [-0.1, -0.05) is 86.3 Å². The first-order valence-corrected chi connectivity index (χ1v) is 12.6. The number of rotatable bonds is 13. The number of benzene rings is 2. The molecule has 2 rings (SSSR count). The van der Waals surface area contributed by atoms with E-state index in [0.717, 1.165) is 22.9 Å². The molecule has 0 aliphatic carbocycles. The van der Waals surface area contributed by atoms with Gasteiger partial charge in [-0.25, -0.2) is 4.79 Å². The number of hydrogen-bond donors (Lipinski definition) is 3. The quantitative estimate of drug-likeness (QED) is 0.389. The number of nitrogens with one attached hydrogen (secondary N) is 2. The van der Waals surface area contributed by atoms with Gasteiger partial charge in [0.05, 0.1) is 5.25 Å². The van der Waals surface area contributed by atoms with Gasteiger partial charge in [0, 0.05) is 13.3 Å². The Labute approximate surface area is 211 Å². The second kappa shape index (κ2) is 14.3. The number of carbonyl (C=O) groups is 4. The normalized spacial score (nSPS) is 13.5. The Morgan fingerprint density at radius 3 is 1.89 bits per heavy atom. The standard InChI is InChI=1S/C27H34N2O5S/c1-18(2)16-22(25(31)29-23(27(33)34)17-21-12-8-5-9-13-21)28-26(32)24(35-19(3)30)15-14-20-10-6-4-7-11-20/h4-13,18,22-24H,14-17H2,1-3H3,(H,28,32)(H,29,31)(H,33,34)/t22-,23-,24?/m0/s1. The van der Waals surface area contributed by atoms with E-state index in [1.165, 1.54) is 6.92 Å². The summed E-state index contributed by atoms with van der Waals surface area (Å²) >= 11 is 0.943. The maximum absolute atomic E-state index is 13.1. The highest BCUT2D eigenvalue weighted by molar-refractivity contribution is 8.14. The van der Waals surface area contributed by atoms with Crippen molar-refractivity contribution in [3.05, 3.63) is 71.8 Å². The summed E-state index contributed by atoms with van der Waals surface area (Å²) < 4.78 is 0. The molecule has 2 aromatic rings. The van der Waals surface area contributed by atoms with E-state index in [2.05, 4.69) is 10.6 Å². The first kappa shape index (κ1) is 28.1. The molecule has 3 N–H and O–H groups in total. The van der Waals surface area contributed by atoms with Crippen LogP contribution < -0.4 is 10.6 Å². The van der Waals surface area contributed by atoms with E-state index >= 15 is 0 Å². The fourth-order valence-electron chi connectivity index (χ4n) is 3.68. The molecule has 0 aromatic heterocycles. The van der Waals surface area contributed by atoms with Crippen molar-refractivity contribution in [1.29, 1.82) is 0 Å². The van der Waals surface area contributed by atoms with Crippen molar-refractivity contribution in [3.8, 4) is 0 Å². The number of hydrogen-bond acceptors (Lipinski definition) is 5. The molecule has 3 atom stereocenters. The van der Waals surface area contributed by atoms with E-state index in [-0.39, 0.29) is 17.5 Å². The number of carboxylic acid groups (broad SMARTS) is 1. The molecular weight excluding hydrogens is 464 g/mol. The molecule has 188 valence electrons. The minimum absolute atomic E-state index is 0.0756. The van der Waals surface area contributed by atoms with Gasteiger partial charge < -0.3 is 15.7 Å². The summed E-state index contributed by atoms with van der Waals surface area (Å²) in [4.78, 5) is 49.8. The summed E-state index contributed by atoms with van der Waals surface area (Å²) in [7, 11) is 0. The highest BCUT2D eigenvalue weighted by atomic mass is 32.2. The highest BCUT2D eigenvalue weighted by Gasteiger charge is 2.30. The molecule has 0 heterocycles. The monoisotopic (exact) mass is 498 g/mol. The smallest absolute Gasteiger partial charge is 0.326 e. The van der Waals surface area contributed by atoms with Crippen molar-refractivity contribution in [1.82, 2.24) is 10.6 Å². The van der Waals surface area contributed by atoms with E-state index in [1.807, 2.05) is 50.2 Å². The first-order chi connectivity index (χ1) is 16.7. The summed E-state index contributed by atoms with van der Waals surface area (Å²) in [6.45, 7) is 5.25. The van der Waals surface area contributed by atoms with E-state index in [0.29, 0.717) is 19.3 Å². The van der Waals surface area contributed by atoms with Gasteiger partial charge in [0.1, 0.15) is 12.1 Å². The van der Waals surface area contributed by atoms with Crippen molar-refractivity contribution in [2.45, 2.75) is 63.8 Å². The molecular formula is C27H34N2O5S. The second-order valence-electron chi connectivity index (χ2n) is 8.90. The lowest BCUT2D eigenvalue weighted by Gasteiger charge is -2.25. The molecule has 2 aromatic carbocycles. The van der Waals surface area contributed by atoms with Crippen LogP contribution in [0.2, 0.25) is 0 Å². The van der Waals surface area contributed by atoms with Gasteiger partial charge in [-0.3, -0.25) is 14.4 Å². The number of aliphatic carboxylic acids is 1. The topological polar surface area (TPSA) is 113 Å². The third-order valence-electron chi connectivity index (χ3n) is 5.38. The Balaban J connectivity index is 2.10. The number of aryl methyl sites for hydroxylation is 1. The molecule has 0 radical (unpaired) electrons. The maximum atomic E-state index is 13.1. The van der Waals surface area contributed by atoms with Crippen LogP contribution in [0.5, 0.6) is 0 Å². The third kappa shape index (κ3) is 10.3. The van der Waals surface area contributed by atoms with Crippen molar-refractivity contribution < 1.29 is 24.3 Å². The van der Waals surface area contributed by atoms with Crippen molar-refractivity contribution >= 4 is 34.7 Å².